The molecule has 0 aromatic heterocycles. The van der Waals surface area contributed by atoms with Crippen LogP contribution in [-0.2, 0) is 13.1 Å². The van der Waals surface area contributed by atoms with Gasteiger partial charge in [-0.3, -0.25) is 0 Å². The molecule has 0 aliphatic heterocycles. The van der Waals surface area contributed by atoms with Crippen molar-refractivity contribution in [3.05, 3.63) is 70.8 Å². The maximum absolute atomic E-state index is 2.36. The van der Waals surface area contributed by atoms with Crippen molar-refractivity contribution in [2.24, 2.45) is 0 Å². The Morgan fingerprint density at radius 2 is 0.867 bits per heavy atom. The molecule has 2 heteroatoms. The molecule has 2 unspecified atom stereocenters. The smallest absolute Gasteiger partial charge is 0.128 e. The first kappa shape index (κ1) is 24.6. The Morgan fingerprint density at radius 1 is 0.567 bits per heavy atom. The van der Waals surface area contributed by atoms with Gasteiger partial charge in [-0.1, -0.05) is 76.2 Å². The molecule has 0 fully saturated rings. The number of rotatable bonds is 11. The molecule has 0 N–H and O–H groups in total. The molecule has 0 heterocycles. The van der Waals surface area contributed by atoms with Gasteiger partial charge in [0.25, 0.3) is 0 Å². The van der Waals surface area contributed by atoms with Crippen molar-refractivity contribution in [2.45, 2.75) is 65.5 Å². The maximum Gasteiger partial charge on any atom is 0.128 e. The van der Waals surface area contributed by atoms with Crippen LogP contribution in [0.1, 0.15) is 74.6 Å². The molecule has 0 saturated heterocycles. The number of likely N-dealkylation sites (N-methyl/N-ethyl adjacent to an activating group) is 2. The summed E-state index contributed by atoms with van der Waals surface area (Å²) in [5.74, 6) is 1.30. The molecular weight excluding hydrogens is 364 g/mol. The largest absolute Gasteiger partial charge is 0.320 e. The van der Waals surface area contributed by atoms with Gasteiger partial charge in [-0.05, 0) is 35.8 Å². The fourth-order valence-electron chi connectivity index (χ4n) is 4.06. The van der Waals surface area contributed by atoms with Gasteiger partial charge in [0.15, 0.2) is 0 Å². The summed E-state index contributed by atoms with van der Waals surface area (Å²) in [6.07, 6.45) is 2.41. The number of benzene rings is 2. The number of hydrogen-bond donors (Lipinski definition) is 0. The Hall–Kier alpha value is -1.64. The molecule has 166 valence electrons. The van der Waals surface area contributed by atoms with Crippen LogP contribution in [0.15, 0.2) is 48.5 Å². The average Bonchev–Trinajstić information content (AvgIpc) is 2.72. The highest BCUT2D eigenvalue weighted by molar-refractivity contribution is 5.25. The van der Waals surface area contributed by atoms with Crippen molar-refractivity contribution in [3.8, 4) is 0 Å². The van der Waals surface area contributed by atoms with Crippen LogP contribution in [0.25, 0.3) is 0 Å². The van der Waals surface area contributed by atoms with Crippen molar-refractivity contribution in [2.75, 3.05) is 41.3 Å². The summed E-state index contributed by atoms with van der Waals surface area (Å²) < 4.78 is 2.05. The second-order valence-electron chi connectivity index (χ2n) is 10.7. The SMILES string of the molecule is CCC(C)c1ccc(C[N+](C)(C)CC[N+](C)(C)Cc2ccc(C(C)CC)cc2)cc1. The molecular formula is C28H46N2+2. The summed E-state index contributed by atoms with van der Waals surface area (Å²) in [5, 5.41) is 0. The van der Waals surface area contributed by atoms with E-state index in [2.05, 4.69) is 104 Å². The normalized spacial score (nSPS) is 14.5. The molecule has 2 aromatic rings. The third-order valence-electron chi connectivity index (χ3n) is 6.85. The summed E-state index contributed by atoms with van der Waals surface area (Å²) in [6, 6.07) is 18.6. The van der Waals surface area contributed by atoms with Crippen LogP contribution in [0, 0.1) is 0 Å². The fourth-order valence-corrected chi connectivity index (χ4v) is 4.06. The van der Waals surface area contributed by atoms with Crippen molar-refractivity contribution >= 4 is 0 Å². The third kappa shape index (κ3) is 7.56. The van der Waals surface area contributed by atoms with Gasteiger partial charge < -0.3 is 8.97 Å². The summed E-state index contributed by atoms with van der Waals surface area (Å²) in [5.41, 5.74) is 5.81. The van der Waals surface area contributed by atoms with Crippen molar-refractivity contribution < 1.29 is 8.97 Å². The van der Waals surface area contributed by atoms with Gasteiger partial charge in [0, 0.05) is 11.1 Å². The zero-order valence-corrected chi connectivity index (χ0v) is 20.9. The van der Waals surface area contributed by atoms with Crippen LogP contribution in [-0.4, -0.2) is 50.2 Å². The summed E-state index contributed by atoms with van der Waals surface area (Å²) in [7, 11) is 9.46. The highest BCUT2D eigenvalue weighted by Crippen LogP contribution is 2.22. The molecule has 0 radical (unpaired) electrons. The first-order valence-electron chi connectivity index (χ1n) is 11.9. The maximum atomic E-state index is 2.36. The van der Waals surface area contributed by atoms with E-state index in [0.717, 1.165) is 22.1 Å². The van der Waals surface area contributed by atoms with Gasteiger partial charge in [0.1, 0.15) is 26.2 Å². The van der Waals surface area contributed by atoms with Crippen LogP contribution >= 0.6 is 0 Å². The number of quaternary nitrogens is 2. The Kier molecular flexibility index (Phi) is 8.70. The van der Waals surface area contributed by atoms with E-state index in [1.807, 2.05) is 0 Å². The van der Waals surface area contributed by atoms with Crippen LogP contribution < -0.4 is 0 Å². The Morgan fingerprint density at radius 3 is 1.13 bits per heavy atom. The van der Waals surface area contributed by atoms with Gasteiger partial charge in [0.2, 0.25) is 0 Å². The van der Waals surface area contributed by atoms with Crippen LogP contribution in [0.2, 0.25) is 0 Å². The Bertz CT molecular complexity index is 689. The molecule has 0 bridgehead atoms. The first-order chi connectivity index (χ1) is 14.0. The van der Waals surface area contributed by atoms with Gasteiger partial charge in [-0.25, -0.2) is 0 Å². The van der Waals surface area contributed by atoms with Gasteiger partial charge in [-0.2, -0.15) is 0 Å². The Labute approximate surface area is 186 Å². The Balaban J connectivity index is 1.91. The van der Waals surface area contributed by atoms with E-state index in [1.165, 1.54) is 48.2 Å². The first-order valence-corrected chi connectivity index (χ1v) is 11.9. The summed E-state index contributed by atoms with van der Waals surface area (Å²) in [6.45, 7) is 13.7. The molecule has 30 heavy (non-hydrogen) atoms. The van der Waals surface area contributed by atoms with E-state index in [0.29, 0.717) is 11.8 Å². The molecule has 0 aliphatic carbocycles. The van der Waals surface area contributed by atoms with Gasteiger partial charge in [-0.15, -0.1) is 0 Å². The quantitative estimate of drug-likeness (QED) is 0.368. The lowest BCUT2D eigenvalue weighted by Crippen LogP contribution is -2.49. The minimum Gasteiger partial charge on any atom is -0.320 e. The molecule has 2 nitrogen and oxygen atoms in total. The molecule has 0 aliphatic rings. The molecule has 2 aromatic carbocycles. The fraction of sp³-hybridized carbons (Fsp3) is 0.571. The summed E-state index contributed by atoms with van der Waals surface area (Å²) >= 11 is 0. The number of hydrogen-bond acceptors (Lipinski definition) is 0. The van der Waals surface area contributed by atoms with Gasteiger partial charge in [0.05, 0.1) is 28.2 Å². The van der Waals surface area contributed by atoms with Crippen molar-refractivity contribution in [1.82, 2.24) is 0 Å². The van der Waals surface area contributed by atoms with E-state index in [4.69, 9.17) is 0 Å². The standard InChI is InChI=1S/C28H46N2/c1-9-23(3)27-15-11-25(12-16-27)21-29(5,6)19-20-30(7,8)22-26-13-17-28(18-14-26)24(4)10-2/h11-18,23-24H,9-10,19-22H2,1-8H3/q+2. The minimum absolute atomic E-state index is 0.652. The van der Waals surface area contributed by atoms with Crippen molar-refractivity contribution in [1.29, 1.82) is 0 Å². The second-order valence-corrected chi connectivity index (χ2v) is 10.7. The lowest BCUT2D eigenvalue weighted by atomic mass is 9.97. The van der Waals surface area contributed by atoms with E-state index >= 15 is 0 Å². The summed E-state index contributed by atoms with van der Waals surface area (Å²) in [4.78, 5) is 0. The number of nitrogens with zero attached hydrogens (tertiary/aromatic N) is 2. The lowest BCUT2D eigenvalue weighted by Gasteiger charge is -2.36. The van der Waals surface area contributed by atoms with Crippen LogP contribution in [0.4, 0.5) is 0 Å². The topological polar surface area (TPSA) is 0 Å². The molecule has 0 spiro atoms. The van der Waals surface area contributed by atoms with Gasteiger partial charge >= 0.3 is 0 Å². The highest BCUT2D eigenvalue weighted by atomic mass is 15.4. The van der Waals surface area contributed by atoms with Crippen LogP contribution in [0.5, 0.6) is 0 Å². The zero-order chi connectivity index (χ0) is 22.4. The predicted molar refractivity (Wildman–Crippen MR) is 132 cm³/mol. The van der Waals surface area contributed by atoms with Crippen LogP contribution in [0.3, 0.4) is 0 Å². The predicted octanol–water partition coefficient (Wildman–Crippen LogP) is 6.57. The molecule has 2 rings (SSSR count). The zero-order valence-electron chi connectivity index (χ0n) is 20.9. The van der Waals surface area contributed by atoms with E-state index in [1.54, 1.807) is 0 Å². The van der Waals surface area contributed by atoms with E-state index in [9.17, 15) is 0 Å². The average molecular weight is 411 g/mol. The van der Waals surface area contributed by atoms with E-state index in [-0.39, 0.29) is 0 Å². The van der Waals surface area contributed by atoms with Crippen molar-refractivity contribution in [3.63, 3.8) is 0 Å². The lowest BCUT2D eigenvalue weighted by molar-refractivity contribution is -0.958. The monoisotopic (exact) mass is 410 g/mol. The molecule has 0 amide bonds. The molecule has 2 atom stereocenters. The second kappa shape index (κ2) is 10.6. The molecule has 0 saturated carbocycles. The van der Waals surface area contributed by atoms with E-state index < -0.39 is 0 Å². The third-order valence-corrected chi connectivity index (χ3v) is 6.85. The minimum atomic E-state index is 0.652. The highest BCUT2D eigenvalue weighted by Gasteiger charge is 2.23.